The van der Waals surface area contributed by atoms with Gasteiger partial charge in [0, 0.05) is 6.54 Å². The summed E-state index contributed by atoms with van der Waals surface area (Å²) in [4.78, 5) is 10.9. The highest BCUT2D eigenvalue weighted by molar-refractivity contribution is 7.93. The zero-order valence-corrected chi connectivity index (χ0v) is 13.1. The third-order valence-corrected chi connectivity index (χ3v) is 5.51. The van der Waals surface area contributed by atoms with Crippen molar-refractivity contribution in [1.82, 2.24) is 0 Å². The molecule has 0 aromatic heterocycles. The van der Waals surface area contributed by atoms with Gasteiger partial charge in [-0.3, -0.25) is 4.31 Å². The fourth-order valence-electron chi connectivity index (χ4n) is 2.35. The van der Waals surface area contributed by atoms with Gasteiger partial charge < -0.3 is 4.74 Å². The molecule has 1 unspecified atom stereocenters. The Balaban J connectivity index is 2.01. The minimum absolute atomic E-state index is 0.0869. The van der Waals surface area contributed by atoms with Crippen molar-refractivity contribution in [1.29, 1.82) is 0 Å². The molecule has 0 aliphatic carbocycles. The molecule has 1 aliphatic rings. The van der Waals surface area contributed by atoms with E-state index in [-0.39, 0.29) is 23.2 Å². The van der Waals surface area contributed by atoms with Gasteiger partial charge in [-0.15, -0.1) is 4.91 Å². The monoisotopic (exact) mass is 332 g/mol. The number of hydrogen-bond donors (Lipinski definition) is 0. The predicted octanol–water partition coefficient (Wildman–Crippen LogP) is 3.07. The molecule has 2 aromatic carbocycles. The lowest BCUT2D eigenvalue weighted by Crippen LogP contribution is -2.32. The summed E-state index contributed by atoms with van der Waals surface area (Å²) >= 11 is 0. The standard InChI is InChI=1S/C16H16N2O4S/c19-17-15-8-4-5-9-16(15)23(20,21)18(11-10-14-12-22-14)13-6-2-1-3-7-13/h1-9,14H,10-12H2. The second-order valence-corrected chi connectivity index (χ2v) is 7.05. The highest BCUT2D eigenvalue weighted by Gasteiger charge is 2.30. The Hall–Kier alpha value is -2.25. The molecule has 1 fully saturated rings. The average molecular weight is 332 g/mol. The molecule has 1 atom stereocenters. The number of sulfonamides is 1. The molecule has 1 heterocycles. The van der Waals surface area contributed by atoms with E-state index in [1.165, 1.54) is 16.4 Å². The van der Waals surface area contributed by atoms with Gasteiger partial charge in [0.05, 0.1) is 18.4 Å². The first-order chi connectivity index (χ1) is 11.1. The topological polar surface area (TPSA) is 79.3 Å². The minimum Gasteiger partial charge on any atom is -0.373 e. The summed E-state index contributed by atoms with van der Waals surface area (Å²) in [5.41, 5.74) is 0.463. The van der Waals surface area contributed by atoms with Crippen LogP contribution in [-0.2, 0) is 14.8 Å². The Labute approximate surface area is 134 Å². The van der Waals surface area contributed by atoms with Crippen LogP contribution in [0.15, 0.2) is 64.7 Å². The van der Waals surface area contributed by atoms with Gasteiger partial charge in [0.25, 0.3) is 10.0 Å². The molecule has 7 heteroatoms. The molecule has 1 saturated heterocycles. The molecule has 120 valence electrons. The first-order valence-corrected chi connectivity index (χ1v) is 8.69. The van der Waals surface area contributed by atoms with Gasteiger partial charge in [-0.05, 0) is 35.9 Å². The van der Waals surface area contributed by atoms with E-state index in [9.17, 15) is 13.3 Å². The molecule has 0 amide bonds. The zero-order chi connectivity index (χ0) is 16.3. The van der Waals surface area contributed by atoms with E-state index < -0.39 is 10.0 Å². The van der Waals surface area contributed by atoms with Crippen LogP contribution in [0, 0.1) is 4.91 Å². The smallest absolute Gasteiger partial charge is 0.266 e. The number of anilines is 1. The second kappa shape index (κ2) is 6.47. The summed E-state index contributed by atoms with van der Waals surface area (Å²) in [6.45, 7) is 0.944. The van der Waals surface area contributed by atoms with Crippen LogP contribution in [0.3, 0.4) is 0 Å². The van der Waals surface area contributed by atoms with E-state index in [4.69, 9.17) is 4.74 Å². The fraction of sp³-hybridized carbons (Fsp3) is 0.250. The van der Waals surface area contributed by atoms with Crippen LogP contribution in [0.1, 0.15) is 6.42 Å². The van der Waals surface area contributed by atoms with Crippen molar-refractivity contribution < 1.29 is 13.2 Å². The molecule has 0 radical (unpaired) electrons. The van der Waals surface area contributed by atoms with E-state index in [2.05, 4.69) is 5.18 Å². The third kappa shape index (κ3) is 3.40. The second-order valence-electron chi connectivity index (χ2n) is 5.22. The summed E-state index contributed by atoms with van der Waals surface area (Å²) in [7, 11) is -3.88. The summed E-state index contributed by atoms with van der Waals surface area (Å²) < 4.78 is 32.5. The van der Waals surface area contributed by atoms with Crippen LogP contribution in [-0.4, -0.2) is 27.7 Å². The normalized spacial score (nSPS) is 16.8. The van der Waals surface area contributed by atoms with E-state index in [1.807, 2.05) is 6.07 Å². The van der Waals surface area contributed by atoms with Crippen molar-refractivity contribution in [3.63, 3.8) is 0 Å². The molecular weight excluding hydrogens is 316 g/mol. The maximum absolute atomic E-state index is 13.0. The molecule has 23 heavy (non-hydrogen) atoms. The van der Waals surface area contributed by atoms with Crippen molar-refractivity contribution in [2.24, 2.45) is 5.18 Å². The largest absolute Gasteiger partial charge is 0.373 e. The first-order valence-electron chi connectivity index (χ1n) is 7.24. The zero-order valence-electron chi connectivity index (χ0n) is 12.3. The molecule has 2 aromatic rings. The van der Waals surface area contributed by atoms with Crippen LogP contribution >= 0.6 is 0 Å². The van der Waals surface area contributed by atoms with Gasteiger partial charge in [0.15, 0.2) is 0 Å². The molecule has 3 rings (SSSR count). The van der Waals surface area contributed by atoms with Gasteiger partial charge in [-0.2, -0.15) is 0 Å². The van der Waals surface area contributed by atoms with E-state index in [0.29, 0.717) is 18.7 Å². The van der Waals surface area contributed by atoms with Gasteiger partial charge in [-0.1, -0.05) is 30.3 Å². The lowest BCUT2D eigenvalue weighted by Gasteiger charge is -2.24. The van der Waals surface area contributed by atoms with Crippen LogP contribution < -0.4 is 4.31 Å². The quantitative estimate of drug-likeness (QED) is 0.576. The van der Waals surface area contributed by atoms with Gasteiger partial charge >= 0.3 is 0 Å². The number of rotatable bonds is 7. The molecule has 0 saturated carbocycles. The molecule has 0 bridgehead atoms. The van der Waals surface area contributed by atoms with Crippen LogP contribution in [0.2, 0.25) is 0 Å². The summed E-state index contributed by atoms with van der Waals surface area (Å²) in [5.74, 6) is 0. The van der Waals surface area contributed by atoms with Crippen molar-refractivity contribution in [3.8, 4) is 0 Å². The number of para-hydroxylation sites is 1. The summed E-state index contributed by atoms with van der Waals surface area (Å²) in [6.07, 6.45) is 0.709. The maximum atomic E-state index is 13.0. The van der Waals surface area contributed by atoms with Gasteiger partial charge in [-0.25, -0.2) is 8.42 Å². The molecule has 0 spiro atoms. The molecule has 0 N–H and O–H groups in total. The maximum Gasteiger partial charge on any atom is 0.266 e. The molecule has 6 nitrogen and oxygen atoms in total. The Morgan fingerprint density at radius 1 is 1.09 bits per heavy atom. The Kier molecular flexibility index (Phi) is 4.40. The number of ether oxygens (including phenoxy) is 1. The van der Waals surface area contributed by atoms with Crippen molar-refractivity contribution >= 4 is 21.4 Å². The molecular formula is C16H16N2O4S. The minimum atomic E-state index is -3.88. The third-order valence-electron chi connectivity index (χ3n) is 3.63. The SMILES string of the molecule is O=Nc1ccccc1S(=O)(=O)N(CCC1CO1)c1ccccc1. The lowest BCUT2D eigenvalue weighted by molar-refractivity contribution is 0.399. The van der Waals surface area contributed by atoms with Gasteiger partial charge in [0.1, 0.15) is 10.6 Å². The van der Waals surface area contributed by atoms with Crippen LogP contribution in [0.4, 0.5) is 11.4 Å². The number of nitroso groups, excluding NO2 is 1. The van der Waals surface area contributed by atoms with Gasteiger partial charge in [0.2, 0.25) is 0 Å². The van der Waals surface area contributed by atoms with Crippen molar-refractivity contribution in [2.45, 2.75) is 17.4 Å². The average Bonchev–Trinajstić information content (AvgIpc) is 3.40. The molecule has 1 aliphatic heterocycles. The Morgan fingerprint density at radius 3 is 2.39 bits per heavy atom. The number of benzene rings is 2. The van der Waals surface area contributed by atoms with Crippen LogP contribution in [0.25, 0.3) is 0 Å². The van der Waals surface area contributed by atoms with E-state index in [1.54, 1.807) is 36.4 Å². The number of epoxide rings is 1. The highest BCUT2D eigenvalue weighted by atomic mass is 32.2. The first kappa shape index (κ1) is 15.6. The van der Waals surface area contributed by atoms with E-state index >= 15 is 0 Å². The summed E-state index contributed by atoms with van der Waals surface area (Å²) in [6, 6.07) is 14.8. The highest BCUT2D eigenvalue weighted by Crippen LogP contribution is 2.30. The number of hydrogen-bond acceptors (Lipinski definition) is 5. The van der Waals surface area contributed by atoms with Crippen molar-refractivity contribution in [2.75, 3.05) is 17.5 Å². The predicted molar refractivity (Wildman–Crippen MR) is 87.2 cm³/mol. The Bertz CT molecular complexity index is 789. The number of nitrogens with zero attached hydrogens (tertiary/aromatic N) is 2. The lowest BCUT2D eigenvalue weighted by atomic mass is 10.3. The van der Waals surface area contributed by atoms with Crippen LogP contribution in [0.5, 0.6) is 0 Å². The van der Waals surface area contributed by atoms with E-state index in [0.717, 1.165) is 0 Å². The Morgan fingerprint density at radius 2 is 1.74 bits per heavy atom. The fourth-order valence-corrected chi connectivity index (χ4v) is 3.95. The van der Waals surface area contributed by atoms with Crippen molar-refractivity contribution in [3.05, 3.63) is 59.5 Å². The summed E-state index contributed by atoms with van der Waals surface area (Å²) in [5, 5.41) is 2.84.